The number of rotatable bonds is 4. The fourth-order valence-electron chi connectivity index (χ4n) is 2.60. The Bertz CT molecular complexity index is 1070. The zero-order chi connectivity index (χ0) is 19.1. The molecule has 138 valence electrons. The summed E-state index contributed by atoms with van der Waals surface area (Å²) in [7, 11) is -7.59. The molecule has 0 aromatic heterocycles. The average Bonchev–Trinajstić information content (AvgIpc) is 2.77. The van der Waals surface area contributed by atoms with Crippen LogP contribution in [0.4, 0.5) is 11.4 Å². The van der Waals surface area contributed by atoms with E-state index in [4.69, 9.17) is 0 Å². The van der Waals surface area contributed by atoms with Crippen LogP contribution in [0, 0.1) is 5.92 Å². The molecule has 10 heteroatoms. The number of carbonyl (C=O) groups is 1. The molecule has 1 heterocycles. The van der Waals surface area contributed by atoms with Crippen molar-refractivity contribution in [3.8, 4) is 0 Å². The summed E-state index contributed by atoms with van der Waals surface area (Å²) >= 11 is 3.26. The summed E-state index contributed by atoms with van der Waals surface area (Å²) in [5.74, 6) is -1.40. The standard InChI is InChI=1S/C16H15BrN2O5S2/c1-11-10-25(21,22)19(16(11)20)12-6-8-13(9-7-12)26(23,24)18-15-5-3-2-4-14(15)17/h2-9,11,18H,10H2,1H3. The van der Waals surface area contributed by atoms with Crippen molar-refractivity contribution < 1.29 is 21.6 Å². The summed E-state index contributed by atoms with van der Waals surface area (Å²) in [6, 6.07) is 11.9. The van der Waals surface area contributed by atoms with Gasteiger partial charge in [0.2, 0.25) is 15.9 Å². The zero-order valence-corrected chi connectivity index (χ0v) is 16.8. The number of benzene rings is 2. The van der Waals surface area contributed by atoms with Crippen molar-refractivity contribution in [2.24, 2.45) is 5.92 Å². The van der Waals surface area contributed by atoms with E-state index in [2.05, 4.69) is 20.7 Å². The molecule has 1 fully saturated rings. The second-order valence-corrected chi connectivity index (χ2v) is 10.3. The number of amides is 1. The van der Waals surface area contributed by atoms with Gasteiger partial charge in [0.15, 0.2) is 0 Å². The quantitative estimate of drug-likeness (QED) is 0.758. The molecule has 7 nitrogen and oxygen atoms in total. The fraction of sp³-hybridized carbons (Fsp3) is 0.188. The first-order valence-corrected chi connectivity index (χ1v) is 11.4. The highest BCUT2D eigenvalue weighted by molar-refractivity contribution is 9.10. The van der Waals surface area contributed by atoms with Crippen LogP contribution < -0.4 is 9.03 Å². The molecule has 2 aromatic rings. The summed E-state index contributed by atoms with van der Waals surface area (Å²) in [5, 5.41) is 0. The van der Waals surface area contributed by atoms with Crippen molar-refractivity contribution in [2.45, 2.75) is 11.8 Å². The molecule has 26 heavy (non-hydrogen) atoms. The van der Waals surface area contributed by atoms with Gasteiger partial charge in [-0.25, -0.2) is 21.1 Å². The lowest BCUT2D eigenvalue weighted by Crippen LogP contribution is -2.30. The Kier molecular flexibility index (Phi) is 4.84. The van der Waals surface area contributed by atoms with E-state index in [1.54, 1.807) is 31.2 Å². The van der Waals surface area contributed by atoms with Gasteiger partial charge < -0.3 is 0 Å². The van der Waals surface area contributed by atoms with Gasteiger partial charge in [-0.3, -0.25) is 9.52 Å². The molecule has 1 amide bonds. The lowest BCUT2D eigenvalue weighted by Gasteiger charge is -2.16. The van der Waals surface area contributed by atoms with Crippen molar-refractivity contribution in [2.75, 3.05) is 14.8 Å². The summed E-state index contributed by atoms with van der Waals surface area (Å²) < 4.78 is 53.0. The van der Waals surface area contributed by atoms with Crippen LogP contribution in [-0.2, 0) is 24.8 Å². The van der Waals surface area contributed by atoms with Crippen LogP contribution in [0.5, 0.6) is 0 Å². The lowest BCUT2D eigenvalue weighted by atomic mass is 10.2. The molecule has 0 aliphatic carbocycles. The van der Waals surface area contributed by atoms with Gasteiger partial charge in [-0.05, 0) is 52.3 Å². The maximum Gasteiger partial charge on any atom is 0.261 e. The van der Waals surface area contributed by atoms with Crippen molar-refractivity contribution in [1.29, 1.82) is 0 Å². The topological polar surface area (TPSA) is 101 Å². The van der Waals surface area contributed by atoms with Crippen LogP contribution >= 0.6 is 15.9 Å². The molecule has 1 aliphatic rings. The average molecular weight is 459 g/mol. The monoisotopic (exact) mass is 458 g/mol. The van der Waals surface area contributed by atoms with Gasteiger partial charge >= 0.3 is 0 Å². The molecule has 0 spiro atoms. The van der Waals surface area contributed by atoms with E-state index < -0.39 is 31.9 Å². The van der Waals surface area contributed by atoms with Crippen LogP contribution in [0.15, 0.2) is 57.9 Å². The number of nitrogens with one attached hydrogen (secondary N) is 1. The van der Waals surface area contributed by atoms with Gasteiger partial charge in [-0.15, -0.1) is 0 Å². The maximum atomic E-state index is 12.5. The maximum absolute atomic E-state index is 12.5. The number of anilines is 2. The molecule has 1 atom stereocenters. The van der Waals surface area contributed by atoms with Gasteiger partial charge in [-0.2, -0.15) is 0 Å². The first kappa shape index (κ1) is 18.9. The third kappa shape index (κ3) is 3.49. The first-order valence-electron chi connectivity index (χ1n) is 7.56. The highest BCUT2D eigenvalue weighted by Gasteiger charge is 2.41. The molecular formula is C16H15BrN2O5S2. The minimum Gasteiger partial charge on any atom is -0.278 e. The number of halogens is 1. The summed E-state index contributed by atoms with van der Waals surface area (Å²) in [6.07, 6.45) is 0. The third-order valence-electron chi connectivity index (χ3n) is 3.86. The molecule has 0 bridgehead atoms. The van der Waals surface area contributed by atoms with Gasteiger partial charge in [0, 0.05) is 4.47 Å². The van der Waals surface area contributed by atoms with Gasteiger partial charge in [0.05, 0.1) is 27.9 Å². The van der Waals surface area contributed by atoms with E-state index in [-0.39, 0.29) is 16.3 Å². The normalized spacial score (nSPS) is 19.5. The van der Waals surface area contributed by atoms with E-state index in [0.717, 1.165) is 4.31 Å². The smallest absolute Gasteiger partial charge is 0.261 e. The number of para-hydroxylation sites is 1. The van der Waals surface area contributed by atoms with Crippen molar-refractivity contribution in [1.82, 2.24) is 0 Å². The molecule has 2 aromatic carbocycles. The van der Waals surface area contributed by atoms with Crippen molar-refractivity contribution >= 4 is 53.3 Å². The Hall–Kier alpha value is -1.91. The second-order valence-electron chi connectivity index (χ2n) is 5.86. The Morgan fingerprint density at radius 3 is 2.27 bits per heavy atom. The predicted octanol–water partition coefficient (Wildman–Crippen LogP) is 2.56. The Balaban J connectivity index is 1.90. The van der Waals surface area contributed by atoms with Crippen LogP contribution in [0.2, 0.25) is 0 Å². The summed E-state index contributed by atoms with van der Waals surface area (Å²) in [5.41, 5.74) is 0.502. The molecule has 0 radical (unpaired) electrons. The minimum absolute atomic E-state index is 0.0471. The minimum atomic E-state index is -3.86. The van der Waals surface area contributed by atoms with Crippen LogP contribution in [0.25, 0.3) is 0 Å². The molecule has 0 saturated carbocycles. The van der Waals surface area contributed by atoms with E-state index in [0.29, 0.717) is 10.2 Å². The molecule has 1 saturated heterocycles. The zero-order valence-electron chi connectivity index (χ0n) is 13.6. The molecular weight excluding hydrogens is 444 g/mol. The first-order chi connectivity index (χ1) is 12.1. The number of hydrogen-bond acceptors (Lipinski definition) is 5. The van der Waals surface area contributed by atoms with Gasteiger partial charge in [0.1, 0.15) is 0 Å². The molecule has 1 unspecified atom stereocenters. The Morgan fingerprint density at radius 1 is 1.12 bits per heavy atom. The van der Waals surface area contributed by atoms with E-state index >= 15 is 0 Å². The van der Waals surface area contributed by atoms with Crippen LogP contribution in [0.3, 0.4) is 0 Å². The third-order valence-corrected chi connectivity index (χ3v) is 7.80. The molecule has 3 rings (SSSR count). The van der Waals surface area contributed by atoms with Crippen molar-refractivity contribution in [3.05, 3.63) is 53.0 Å². The van der Waals surface area contributed by atoms with E-state index in [1.807, 2.05) is 0 Å². The SMILES string of the molecule is CC1CS(=O)(=O)N(c2ccc(S(=O)(=O)Nc3ccccc3Br)cc2)C1=O. The Morgan fingerprint density at radius 2 is 1.73 bits per heavy atom. The number of hydrogen-bond donors (Lipinski definition) is 1. The predicted molar refractivity (Wildman–Crippen MR) is 102 cm³/mol. The van der Waals surface area contributed by atoms with Crippen molar-refractivity contribution in [3.63, 3.8) is 0 Å². The van der Waals surface area contributed by atoms with Crippen LogP contribution in [-0.4, -0.2) is 28.5 Å². The molecule has 1 aliphatic heterocycles. The van der Waals surface area contributed by atoms with Gasteiger partial charge in [0.25, 0.3) is 10.0 Å². The van der Waals surface area contributed by atoms with E-state index in [9.17, 15) is 21.6 Å². The Labute approximate surface area is 160 Å². The highest BCUT2D eigenvalue weighted by atomic mass is 79.9. The molecule has 1 N–H and O–H groups in total. The summed E-state index contributed by atoms with van der Waals surface area (Å²) in [6.45, 7) is 1.54. The van der Waals surface area contributed by atoms with Crippen LogP contribution in [0.1, 0.15) is 6.92 Å². The number of nitrogens with zero attached hydrogens (tertiary/aromatic N) is 1. The largest absolute Gasteiger partial charge is 0.278 e. The number of carbonyl (C=O) groups excluding carboxylic acids is 1. The summed E-state index contributed by atoms with van der Waals surface area (Å²) in [4.78, 5) is 12.0. The van der Waals surface area contributed by atoms with Gasteiger partial charge in [-0.1, -0.05) is 19.1 Å². The highest BCUT2D eigenvalue weighted by Crippen LogP contribution is 2.30. The fourth-order valence-corrected chi connectivity index (χ4v) is 6.01. The number of sulfonamides is 2. The second kappa shape index (κ2) is 6.67. The van der Waals surface area contributed by atoms with E-state index in [1.165, 1.54) is 24.3 Å². The lowest BCUT2D eigenvalue weighted by molar-refractivity contribution is -0.119.